The molecule has 1 saturated carbocycles. The number of piperidine rings is 1. The molecule has 6 rings (SSSR count). The van der Waals surface area contributed by atoms with E-state index < -0.39 is 18.0 Å². The van der Waals surface area contributed by atoms with Gasteiger partial charge < -0.3 is 19.1 Å². The van der Waals surface area contributed by atoms with E-state index in [2.05, 4.69) is 0 Å². The van der Waals surface area contributed by atoms with Gasteiger partial charge in [0.15, 0.2) is 0 Å². The Labute approximate surface area is 241 Å². The first kappa shape index (κ1) is 27.9. The molecule has 0 bridgehead atoms. The molecule has 0 atom stereocenters. The van der Waals surface area contributed by atoms with Gasteiger partial charge in [0.2, 0.25) is 5.91 Å². The summed E-state index contributed by atoms with van der Waals surface area (Å²) in [5.74, 6) is 0.427. The number of likely N-dealkylation sites (tertiary alicyclic amines) is 1. The maximum Gasteiger partial charge on any atom is 0.410 e. The van der Waals surface area contributed by atoms with Gasteiger partial charge in [-0.25, -0.2) is 9.78 Å². The van der Waals surface area contributed by atoms with Gasteiger partial charge >= 0.3 is 12.3 Å². The number of hydrogen-bond acceptors (Lipinski definition) is 4. The van der Waals surface area contributed by atoms with Crippen LogP contribution in [0.5, 0.6) is 0 Å². The number of carbonyl (C=O) groups is 2. The molecule has 3 heterocycles. The van der Waals surface area contributed by atoms with E-state index in [4.69, 9.17) is 21.3 Å². The molecule has 1 saturated heterocycles. The summed E-state index contributed by atoms with van der Waals surface area (Å²) in [6, 6.07) is 12.8. The van der Waals surface area contributed by atoms with Crippen LogP contribution in [0.1, 0.15) is 62.8 Å². The van der Waals surface area contributed by atoms with E-state index in [9.17, 15) is 22.8 Å². The molecule has 2 amide bonds. The molecule has 218 valence electrons. The van der Waals surface area contributed by atoms with Crippen LogP contribution in [-0.4, -0.2) is 51.8 Å². The highest BCUT2D eigenvalue weighted by atomic mass is 35.5. The first-order valence-corrected chi connectivity index (χ1v) is 14.6. The first-order valence-electron chi connectivity index (χ1n) is 14.2. The van der Waals surface area contributed by atoms with Crippen LogP contribution in [0.15, 0.2) is 42.5 Å². The number of ether oxygens (including phenoxy) is 1. The standard InChI is InChI=1S/C30H32ClF3N4O3/c31-20-10-11-25-23(18-20)35-26(37(25)15-5-12-30(32,33)34)19-38-24-9-4-3-8-22(24)29(27(38)39)13-16-36(17-14-29)28(40)41-21-6-1-2-7-21/h3-4,8-11,18,21H,1-2,5-7,12-17,19H2. The second-order valence-electron chi connectivity index (χ2n) is 11.3. The number of halogens is 4. The van der Waals surface area contributed by atoms with Crippen LogP contribution in [-0.2, 0) is 28.0 Å². The van der Waals surface area contributed by atoms with Crippen molar-refractivity contribution in [3.05, 3.63) is 58.9 Å². The molecule has 1 aromatic heterocycles. The SMILES string of the molecule is O=C(OC1CCCC1)N1CCC2(CC1)C(=O)N(Cc1nc3cc(Cl)ccc3n1CCCC(F)(F)F)c1ccccc12. The van der Waals surface area contributed by atoms with Crippen molar-refractivity contribution in [2.24, 2.45) is 0 Å². The third kappa shape index (κ3) is 5.38. The van der Waals surface area contributed by atoms with E-state index in [1.165, 1.54) is 0 Å². The summed E-state index contributed by atoms with van der Waals surface area (Å²) >= 11 is 6.18. The Balaban J connectivity index is 1.25. The maximum absolute atomic E-state index is 14.2. The summed E-state index contributed by atoms with van der Waals surface area (Å²) in [7, 11) is 0. The fraction of sp³-hybridized carbons (Fsp3) is 0.500. The largest absolute Gasteiger partial charge is 0.446 e. The molecule has 0 N–H and O–H groups in total. The Morgan fingerprint density at radius 2 is 1.83 bits per heavy atom. The monoisotopic (exact) mass is 588 g/mol. The van der Waals surface area contributed by atoms with Crippen molar-refractivity contribution in [3.63, 3.8) is 0 Å². The number of para-hydroxylation sites is 1. The number of aromatic nitrogens is 2. The van der Waals surface area contributed by atoms with Gasteiger partial charge in [-0.15, -0.1) is 0 Å². The quantitative estimate of drug-likeness (QED) is 0.311. The van der Waals surface area contributed by atoms with Gasteiger partial charge in [0.1, 0.15) is 11.9 Å². The Morgan fingerprint density at radius 3 is 2.56 bits per heavy atom. The molecule has 2 fully saturated rings. The van der Waals surface area contributed by atoms with Crippen LogP contribution < -0.4 is 4.90 Å². The number of alkyl halides is 3. The molecule has 7 nitrogen and oxygen atoms in total. The third-order valence-corrected chi connectivity index (χ3v) is 8.98. The van der Waals surface area contributed by atoms with Gasteiger partial charge in [-0.05, 0) is 74.8 Å². The lowest BCUT2D eigenvalue weighted by Crippen LogP contribution is -2.50. The number of aryl methyl sites for hydroxylation is 1. The minimum atomic E-state index is -4.26. The summed E-state index contributed by atoms with van der Waals surface area (Å²) < 4.78 is 46.3. The van der Waals surface area contributed by atoms with Crippen molar-refractivity contribution in [3.8, 4) is 0 Å². The summed E-state index contributed by atoms with van der Waals surface area (Å²) in [6.45, 7) is 1.05. The number of benzene rings is 2. The van der Waals surface area contributed by atoms with Gasteiger partial charge in [-0.3, -0.25) is 4.79 Å². The lowest BCUT2D eigenvalue weighted by Gasteiger charge is -2.38. The highest BCUT2D eigenvalue weighted by Crippen LogP contribution is 2.48. The number of carbonyl (C=O) groups excluding carboxylic acids is 2. The van der Waals surface area contributed by atoms with Gasteiger partial charge in [0.25, 0.3) is 0 Å². The molecule has 0 unspecified atom stereocenters. The predicted molar refractivity (Wildman–Crippen MR) is 149 cm³/mol. The summed E-state index contributed by atoms with van der Waals surface area (Å²) in [5.41, 5.74) is 2.15. The normalized spacial score (nSPS) is 19.0. The van der Waals surface area contributed by atoms with E-state index in [0.29, 0.717) is 47.8 Å². The lowest BCUT2D eigenvalue weighted by molar-refractivity contribution is -0.135. The minimum Gasteiger partial charge on any atom is -0.446 e. The average molecular weight is 589 g/mol. The minimum absolute atomic E-state index is 0.0204. The first-order chi connectivity index (χ1) is 19.6. The molecular weight excluding hydrogens is 557 g/mol. The number of fused-ring (bicyclic) bond motifs is 3. The van der Waals surface area contributed by atoms with Crippen LogP contribution in [0.25, 0.3) is 11.0 Å². The van der Waals surface area contributed by atoms with E-state index in [-0.39, 0.29) is 37.6 Å². The number of amides is 2. The number of anilines is 1. The molecule has 3 aromatic rings. The third-order valence-electron chi connectivity index (χ3n) is 8.74. The van der Waals surface area contributed by atoms with Crippen LogP contribution in [0.4, 0.5) is 23.7 Å². The second-order valence-corrected chi connectivity index (χ2v) is 11.7. The Hall–Kier alpha value is -3.27. The van der Waals surface area contributed by atoms with Crippen molar-refractivity contribution in [1.29, 1.82) is 0 Å². The predicted octanol–water partition coefficient (Wildman–Crippen LogP) is 6.99. The number of nitrogens with zero attached hydrogens (tertiary/aromatic N) is 4. The van der Waals surface area contributed by atoms with Gasteiger partial charge in [0.05, 0.1) is 23.0 Å². The molecule has 1 spiro atoms. The molecule has 2 aromatic carbocycles. The molecule has 0 radical (unpaired) electrons. The molecule has 3 aliphatic rings. The van der Waals surface area contributed by atoms with Crippen molar-refractivity contribution >= 4 is 40.3 Å². The van der Waals surface area contributed by atoms with Gasteiger partial charge in [0, 0.05) is 36.8 Å². The summed E-state index contributed by atoms with van der Waals surface area (Å²) in [4.78, 5) is 35.1. The summed E-state index contributed by atoms with van der Waals surface area (Å²) in [6.07, 6.45) is -0.713. The lowest BCUT2D eigenvalue weighted by atomic mass is 9.74. The van der Waals surface area contributed by atoms with Gasteiger partial charge in [-0.1, -0.05) is 29.8 Å². The zero-order chi connectivity index (χ0) is 28.8. The summed E-state index contributed by atoms with van der Waals surface area (Å²) in [5, 5.41) is 0.476. The van der Waals surface area contributed by atoms with E-state index in [1.54, 1.807) is 32.6 Å². The number of rotatable bonds is 6. The smallest absolute Gasteiger partial charge is 0.410 e. The maximum atomic E-state index is 14.2. The van der Waals surface area contributed by atoms with E-state index in [0.717, 1.165) is 36.9 Å². The molecule has 41 heavy (non-hydrogen) atoms. The van der Waals surface area contributed by atoms with Crippen LogP contribution in [0.2, 0.25) is 5.02 Å². The number of imidazole rings is 1. The van der Waals surface area contributed by atoms with Crippen LogP contribution in [0, 0.1) is 0 Å². The van der Waals surface area contributed by atoms with E-state index in [1.807, 2.05) is 24.3 Å². The van der Waals surface area contributed by atoms with Crippen molar-refractivity contribution in [2.45, 2.75) is 82.2 Å². The van der Waals surface area contributed by atoms with Crippen molar-refractivity contribution < 1.29 is 27.5 Å². The van der Waals surface area contributed by atoms with Gasteiger partial charge in [-0.2, -0.15) is 13.2 Å². The zero-order valence-corrected chi connectivity index (χ0v) is 23.4. The van der Waals surface area contributed by atoms with E-state index >= 15 is 0 Å². The molecule has 2 aliphatic heterocycles. The second kappa shape index (κ2) is 10.9. The van der Waals surface area contributed by atoms with Crippen LogP contribution in [0.3, 0.4) is 0 Å². The Bertz CT molecular complexity index is 1460. The highest BCUT2D eigenvalue weighted by Gasteiger charge is 2.52. The fourth-order valence-corrected chi connectivity index (χ4v) is 6.80. The van der Waals surface area contributed by atoms with Crippen LogP contribution >= 0.6 is 11.6 Å². The Kier molecular flexibility index (Phi) is 7.38. The average Bonchev–Trinajstić information content (AvgIpc) is 3.62. The molecular formula is C30H32ClF3N4O3. The number of hydrogen-bond donors (Lipinski definition) is 0. The topological polar surface area (TPSA) is 67.7 Å². The fourth-order valence-electron chi connectivity index (χ4n) is 6.63. The zero-order valence-electron chi connectivity index (χ0n) is 22.6. The molecule has 1 aliphatic carbocycles. The van der Waals surface area contributed by atoms with Crippen molar-refractivity contribution in [2.75, 3.05) is 18.0 Å². The molecule has 11 heteroatoms. The van der Waals surface area contributed by atoms with Crippen molar-refractivity contribution in [1.82, 2.24) is 14.5 Å². The highest BCUT2D eigenvalue weighted by molar-refractivity contribution is 6.31. The Morgan fingerprint density at radius 1 is 1.10 bits per heavy atom.